The Morgan fingerprint density at radius 3 is 2.14 bits per heavy atom. The lowest BCUT2D eigenvalue weighted by molar-refractivity contribution is 0.0685. The average molecular weight is 385 g/mol. The van der Waals surface area contributed by atoms with Gasteiger partial charge in [-0.25, -0.2) is 9.59 Å². The van der Waals surface area contributed by atoms with Gasteiger partial charge < -0.3 is 15.9 Å². The quantitative estimate of drug-likeness (QED) is 0.596. The minimum Gasteiger partial charge on any atom is -0.478 e. The highest BCUT2D eigenvalue weighted by molar-refractivity contribution is 6.09. The molecule has 0 fully saturated rings. The van der Waals surface area contributed by atoms with Crippen molar-refractivity contribution in [2.24, 2.45) is 5.73 Å². The van der Waals surface area contributed by atoms with E-state index in [0.717, 1.165) is 0 Å². The van der Waals surface area contributed by atoms with Crippen LogP contribution in [0.4, 0.5) is 0 Å². The van der Waals surface area contributed by atoms with Gasteiger partial charge in [-0.2, -0.15) is 0 Å². The Hall–Kier alpha value is -4.37. The van der Waals surface area contributed by atoms with Crippen LogP contribution in [0.15, 0.2) is 66.7 Å². The fourth-order valence-electron chi connectivity index (χ4n) is 2.90. The molecule has 3 aromatic rings. The van der Waals surface area contributed by atoms with E-state index in [1.807, 2.05) is 18.2 Å². The number of carboxylic acids is 2. The number of hydrogen-bond acceptors (Lipinski definition) is 3. The summed E-state index contributed by atoms with van der Waals surface area (Å²) in [4.78, 5) is 35.2. The van der Waals surface area contributed by atoms with Gasteiger partial charge >= 0.3 is 11.9 Å². The number of amides is 1. The Labute approximate surface area is 166 Å². The Morgan fingerprint density at radius 2 is 1.52 bits per heavy atom. The third-order valence-corrected chi connectivity index (χ3v) is 4.20. The van der Waals surface area contributed by atoms with E-state index in [1.165, 1.54) is 30.3 Å². The molecule has 0 bridgehead atoms. The summed E-state index contributed by atoms with van der Waals surface area (Å²) in [5.41, 5.74) is 6.33. The molecule has 0 spiro atoms. The van der Waals surface area contributed by atoms with Gasteiger partial charge in [0.1, 0.15) is 0 Å². The van der Waals surface area contributed by atoms with Crippen LogP contribution >= 0.6 is 0 Å². The van der Waals surface area contributed by atoms with Crippen molar-refractivity contribution in [2.75, 3.05) is 0 Å². The van der Waals surface area contributed by atoms with Gasteiger partial charge in [0, 0.05) is 16.7 Å². The third-order valence-electron chi connectivity index (χ3n) is 4.20. The number of carbonyl (C=O) groups is 3. The molecule has 29 heavy (non-hydrogen) atoms. The number of carbonyl (C=O) groups excluding carboxylic acids is 1. The van der Waals surface area contributed by atoms with E-state index in [4.69, 9.17) is 5.73 Å². The highest BCUT2D eigenvalue weighted by atomic mass is 16.4. The molecule has 0 heterocycles. The predicted molar refractivity (Wildman–Crippen MR) is 107 cm³/mol. The van der Waals surface area contributed by atoms with Gasteiger partial charge in [0.15, 0.2) is 0 Å². The van der Waals surface area contributed by atoms with Gasteiger partial charge in [0.2, 0.25) is 5.91 Å². The van der Waals surface area contributed by atoms with Crippen molar-refractivity contribution < 1.29 is 24.6 Å². The second-order valence-corrected chi connectivity index (χ2v) is 6.08. The number of primary amides is 1. The number of nitrogens with two attached hydrogens (primary N) is 1. The number of benzene rings is 3. The standard InChI is InChI=1S/C23H15NO5/c24-21(25)18-12-11-15(10-9-14-5-2-1-3-6-14)19(20(18)23(28)29)16-7-4-8-17(13-16)22(26)27/h1-8,11-13H,(H2,24,25)(H,26,27)(H,28,29). The topological polar surface area (TPSA) is 118 Å². The molecule has 0 aliphatic carbocycles. The Morgan fingerprint density at radius 1 is 0.793 bits per heavy atom. The molecule has 0 aliphatic rings. The largest absolute Gasteiger partial charge is 0.478 e. The lowest BCUT2D eigenvalue weighted by Crippen LogP contribution is -2.18. The zero-order valence-corrected chi connectivity index (χ0v) is 15.0. The molecule has 0 aromatic heterocycles. The van der Waals surface area contributed by atoms with Crippen molar-refractivity contribution in [3.8, 4) is 23.0 Å². The summed E-state index contributed by atoms with van der Waals surface area (Å²) in [7, 11) is 0. The van der Waals surface area contributed by atoms with Crippen LogP contribution in [-0.2, 0) is 0 Å². The third kappa shape index (κ3) is 4.15. The summed E-state index contributed by atoms with van der Waals surface area (Å²) < 4.78 is 0. The lowest BCUT2D eigenvalue weighted by atomic mass is 9.89. The van der Waals surface area contributed by atoms with E-state index in [1.54, 1.807) is 18.2 Å². The van der Waals surface area contributed by atoms with Gasteiger partial charge in [0.05, 0.1) is 16.7 Å². The minimum atomic E-state index is -1.36. The van der Waals surface area contributed by atoms with Crippen LogP contribution < -0.4 is 5.73 Å². The average Bonchev–Trinajstić information content (AvgIpc) is 2.72. The fourth-order valence-corrected chi connectivity index (χ4v) is 2.90. The van der Waals surface area contributed by atoms with Crippen LogP contribution in [0.1, 0.15) is 42.2 Å². The highest BCUT2D eigenvalue weighted by Gasteiger charge is 2.23. The number of rotatable bonds is 4. The minimum absolute atomic E-state index is 0.0229. The molecule has 1 amide bonds. The van der Waals surface area contributed by atoms with Crippen molar-refractivity contribution in [2.45, 2.75) is 0 Å². The molecule has 142 valence electrons. The first kappa shape index (κ1) is 19.4. The Kier molecular flexibility index (Phi) is 5.42. The molecule has 0 atom stereocenters. The van der Waals surface area contributed by atoms with Crippen molar-refractivity contribution in [3.05, 3.63) is 94.5 Å². The van der Waals surface area contributed by atoms with Crippen molar-refractivity contribution in [3.63, 3.8) is 0 Å². The van der Waals surface area contributed by atoms with Crippen LogP contribution in [0.3, 0.4) is 0 Å². The van der Waals surface area contributed by atoms with Gasteiger partial charge in [0.25, 0.3) is 0 Å². The van der Waals surface area contributed by atoms with E-state index in [2.05, 4.69) is 11.8 Å². The summed E-state index contributed by atoms with van der Waals surface area (Å²) in [6, 6.07) is 17.7. The monoisotopic (exact) mass is 385 g/mol. The van der Waals surface area contributed by atoms with E-state index in [9.17, 15) is 24.6 Å². The molecule has 6 nitrogen and oxygen atoms in total. The second-order valence-electron chi connectivity index (χ2n) is 6.08. The normalized spacial score (nSPS) is 9.93. The maximum atomic E-state index is 12.0. The molecule has 4 N–H and O–H groups in total. The molecular formula is C23H15NO5. The van der Waals surface area contributed by atoms with Crippen LogP contribution in [0, 0.1) is 11.8 Å². The smallest absolute Gasteiger partial charge is 0.337 e. The van der Waals surface area contributed by atoms with Crippen molar-refractivity contribution in [1.82, 2.24) is 0 Å². The molecule has 3 aromatic carbocycles. The molecule has 6 heteroatoms. The van der Waals surface area contributed by atoms with Gasteiger partial charge in [-0.3, -0.25) is 4.79 Å². The van der Waals surface area contributed by atoms with E-state index >= 15 is 0 Å². The molecular weight excluding hydrogens is 370 g/mol. The molecule has 0 aliphatic heterocycles. The molecule has 0 unspecified atom stereocenters. The maximum Gasteiger partial charge on any atom is 0.337 e. The first-order valence-corrected chi connectivity index (χ1v) is 8.49. The molecule has 0 saturated carbocycles. The Bertz CT molecular complexity index is 1190. The van der Waals surface area contributed by atoms with Crippen molar-refractivity contribution in [1.29, 1.82) is 0 Å². The molecule has 0 saturated heterocycles. The molecule has 0 radical (unpaired) electrons. The molecule has 3 rings (SSSR count). The summed E-state index contributed by atoms with van der Waals surface area (Å²) in [5.74, 6) is 2.45. The second kappa shape index (κ2) is 8.11. The van der Waals surface area contributed by atoms with Crippen LogP contribution in [0.25, 0.3) is 11.1 Å². The predicted octanol–water partition coefficient (Wildman–Crippen LogP) is 3.25. The zero-order valence-electron chi connectivity index (χ0n) is 15.0. The van der Waals surface area contributed by atoms with E-state index in [-0.39, 0.29) is 22.3 Å². The number of aromatic carboxylic acids is 2. The van der Waals surface area contributed by atoms with Crippen molar-refractivity contribution >= 4 is 17.8 Å². The van der Waals surface area contributed by atoms with E-state index in [0.29, 0.717) is 16.7 Å². The first-order chi connectivity index (χ1) is 13.9. The van der Waals surface area contributed by atoms with Gasteiger partial charge in [-0.05, 0) is 42.0 Å². The first-order valence-electron chi connectivity index (χ1n) is 8.49. The van der Waals surface area contributed by atoms with Gasteiger partial charge in [-0.1, -0.05) is 42.2 Å². The number of hydrogen-bond donors (Lipinski definition) is 3. The fraction of sp³-hybridized carbons (Fsp3) is 0. The summed E-state index contributed by atoms with van der Waals surface area (Å²) in [6.07, 6.45) is 0. The summed E-state index contributed by atoms with van der Waals surface area (Å²) in [5, 5.41) is 19.1. The SMILES string of the molecule is NC(=O)c1ccc(C#Cc2ccccc2)c(-c2cccc(C(=O)O)c2)c1C(=O)O. The lowest BCUT2D eigenvalue weighted by Gasteiger charge is -2.13. The van der Waals surface area contributed by atoms with E-state index < -0.39 is 17.8 Å². The van der Waals surface area contributed by atoms with Crippen LogP contribution in [0.2, 0.25) is 0 Å². The van der Waals surface area contributed by atoms with Crippen LogP contribution in [0.5, 0.6) is 0 Å². The number of carboxylic acid groups (broad SMARTS) is 2. The highest BCUT2D eigenvalue weighted by Crippen LogP contribution is 2.31. The van der Waals surface area contributed by atoms with Crippen LogP contribution in [-0.4, -0.2) is 28.1 Å². The summed E-state index contributed by atoms with van der Waals surface area (Å²) >= 11 is 0. The zero-order chi connectivity index (χ0) is 21.0. The summed E-state index contributed by atoms with van der Waals surface area (Å²) in [6.45, 7) is 0. The Balaban J connectivity index is 2.33. The van der Waals surface area contributed by atoms with Gasteiger partial charge in [-0.15, -0.1) is 0 Å². The maximum absolute atomic E-state index is 12.0.